The van der Waals surface area contributed by atoms with E-state index >= 15 is 0 Å². The van der Waals surface area contributed by atoms with E-state index in [2.05, 4.69) is 33.9 Å². The second kappa shape index (κ2) is 8.06. The minimum atomic E-state index is -0.0713. The number of likely N-dealkylation sites (tertiary alicyclic amines) is 1. The van der Waals surface area contributed by atoms with Crippen molar-refractivity contribution in [1.29, 1.82) is 0 Å². The number of carbonyl (C=O) groups excluding carboxylic acids is 2. The van der Waals surface area contributed by atoms with Crippen LogP contribution in [0.2, 0.25) is 0 Å². The van der Waals surface area contributed by atoms with Crippen LogP contribution in [0, 0.1) is 0 Å². The number of thiol groups is 1. The van der Waals surface area contributed by atoms with Crippen LogP contribution in [0.3, 0.4) is 0 Å². The van der Waals surface area contributed by atoms with Crippen LogP contribution in [0.25, 0.3) is 0 Å². The van der Waals surface area contributed by atoms with Crippen molar-refractivity contribution < 1.29 is 9.59 Å². The Hall–Kier alpha value is -1.79. The summed E-state index contributed by atoms with van der Waals surface area (Å²) in [6.45, 7) is 1.26. The largest absolute Gasteiger partial charge is 0.349 e. The zero-order valence-electron chi connectivity index (χ0n) is 13.6. The number of piperidine rings is 1. The van der Waals surface area contributed by atoms with Crippen LogP contribution in [0.1, 0.15) is 33.6 Å². The molecule has 1 aliphatic rings. The van der Waals surface area contributed by atoms with Crippen molar-refractivity contribution in [3.05, 3.63) is 64.1 Å². The van der Waals surface area contributed by atoms with Crippen LogP contribution in [0.4, 0.5) is 0 Å². The Balaban J connectivity index is 1.55. The second-order valence-corrected chi connectivity index (χ2v) is 7.46. The predicted octanol–water partition coefficient (Wildman–Crippen LogP) is 3.77. The molecular weight excluding hydrogens is 400 g/mol. The van der Waals surface area contributed by atoms with E-state index < -0.39 is 0 Å². The Labute approximate surface area is 161 Å². The van der Waals surface area contributed by atoms with Gasteiger partial charge in [0.1, 0.15) is 0 Å². The van der Waals surface area contributed by atoms with Crippen molar-refractivity contribution >= 4 is 40.4 Å². The highest BCUT2D eigenvalue weighted by molar-refractivity contribution is 9.10. The molecule has 0 saturated carbocycles. The molecule has 4 nitrogen and oxygen atoms in total. The van der Waals surface area contributed by atoms with Gasteiger partial charge in [-0.05, 0) is 49.2 Å². The lowest BCUT2D eigenvalue weighted by molar-refractivity contribution is 0.0695. The standard InChI is InChI=1S/C19H19BrN2O2S/c20-14-7-5-13(6-8-14)18(23)21-15-9-11-22(12-10-15)19(24)16-3-1-2-4-17(16)25/h1-8,15,25H,9-12H2,(H,21,23). The molecule has 0 atom stereocenters. The van der Waals surface area contributed by atoms with E-state index in [4.69, 9.17) is 0 Å². The molecule has 2 aromatic carbocycles. The summed E-state index contributed by atoms with van der Waals surface area (Å²) in [4.78, 5) is 27.4. The predicted molar refractivity (Wildman–Crippen MR) is 104 cm³/mol. The number of carbonyl (C=O) groups is 2. The number of nitrogens with one attached hydrogen (secondary N) is 1. The Bertz CT molecular complexity index is 771. The van der Waals surface area contributed by atoms with Gasteiger partial charge in [0.15, 0.2) is 0 Å². The summed E-state index contributed by atoms with van der Waals surface area (Å²) in [5, 5.41) is 3.06. The summed E-state index contributed by atoms with van der Waals surface area (Å²) in [7, 11) is 0. The van der Waals surface area contributed by atoms with E-state index in [0.717, 1.165) is 17.3 Å². The third kappa shape index (κ3) is 4.44. The summed E-state index contributed by atoms with van der Waals surface area (Å²) in [6, 6.07) is 14.7. The molecule has 0 aliphatic carbocycles. The lowest BCUT2D eigenvalue weighted by Gasteiger charge is -2.32. The van der Waals surface area contributed by atoms with E-state index in [0.29, 0.717) is 29.1 Å². The Morgan fingerprint density at radius 1 is 1.04 bits per heavy atom. The van der Waals surface area contributed by atoms with Crippen molar-refractivity contribution in [2.75, 3.05) is 13.1 Å². The highest BCUT2D eigenvalue weighted by atomic mass is 79.9. The number of benzene rings is 2. The van der Waals surface area contributed by atoms with Gasteiger partial charge in [-0.3, -0.25) is 9.59 Å². The molecule has 1 fully saturated rings. The van der Waals surface area contributed by atoms with Crippen molar-refractivity contribution in [3.8, 4) is 0 Å². The maximum Gasteiger partial charge on any atom is 0.254 e. The fourth-order valence-corrected chi connectivity index (χ4v) is 3.44. The number of halogens is 1. The van der Waals surface area contributed by atoms with Crippen molar-refractivity contribution in [2.45, 2.75) is 23.8 Å². The fourth-order valence-electron chi connectivity index (χ4n) is 2.92. The maximum atomic E-state index is 12.6. The first-order chi connectivity index (χ1) is 12.0. The van der Waals surface area contributed by atoms with Crippen LogP contribution < -0.4 is 5.32 Å². The lowest BCUT2D eigenvalue weighted by Crippen LogP contribution is -2.46. The molecule has 6 heteroatoms. The van der Waals surface area contributed by atoms with Gasteiger partial charge in [0.2, 0.25) is 0 Å². The molecule has 1 aliphatic heterocycles. The van der Waals surface area contributed by atoms with Gasteiger partial charge in [-0.1, -0.05) is 28.1 Å². The van der Waals surface area contributed by atoms with Gasteiger partial charge >= 0.3 is 0 Å². The number of nitrogens with zero attached hydrogens (tertiary/aromatic N) is 1. The highest BCUT2D eigenvalue weighted by Crippen LogP contribution is 2.19. The van der Waals surface area contributed by atoms with Crippen molar-refractivity contribution in [3.63, 3.8) is 0 Å². The fraction of sp³-hybridized carbons (Fsp3) is 0.263. The molecule has 25 heavy (non-hydrogen) atoms. The quantitative estimate of drug-likeness (QED) is 0.745. The molecule has 1 saturated heterocycles. The Kier molecular flexibility index (Phi) is 5.81. The van der Waals surface area contributed by atoms with Crippen molar-refractivity contribution in [1.82, 2.24) is 10.2 Å². The average Bonchev–Trinajstić information content (AvgIpc) is 2.63. The van der Waals surface area contributed by atoms with Gasteiger partial charge in [0, 0.05) is 34.1 Å². The average molecular weight is 419 g/mol. The maximum absolute atomic E-state index is 12.6. The zero-order chi connectivity index (χ0) is 17.8. The lowest BCUT2D eigenvalue weighted by atomic mass is 10.0. The minimum absolute atomic E-state index is 0.00304. The van der Waals surface area contributed by atoms with Gasteiger partial charge in [0.25, 0.3) is 11.8 Å². The van der Waals surface area contributed by atoms with E-state index in [1.165, 1.54) is 0 Å². The number of hydrogen-bond donors (Lipinski definition) is 2. The molecule has 130 valence electrons. The van der Waals surface area contributed by atoms with Gasteiger partial charge < -0.3 is 10.2 Å². The zero-order valence-corrected chi connectivity index (χ0v) is 16.1. The van der Waals surface area contributed by atoms with Crippen LogP contribution >= 0.6 is 28.6 Å². The summed E-state index contributed by atoms with van der Waals surface area (Å²) < 4.78 is 0.945. The van der Waals surface area contributed by atoms with Crippen molar-refractivity contribution in [2.24, 2.45) is 0 Å². The first-order valence-electron chi connectivity index (χ1n) is 8.18. The minimum Gasteiger partial charge on any atom is -0.349 e. The molecule has 1 N–H and O–H groups in total. The summed E-state index contributed by atoms with van der Waals surface area (Å²) in [6.07, 6.45) is 1.51. The molecular formula is C19H19BrN2O2S. The van der Waals surface area contributed by atoms with E-state index in [1.54, 1.807) is 18.2 Å². The summed E-state index contributed by atoms with van der Waals surface area (Å²) >= 11 is 7.72. The summed E-state index contributed by atoms with van der Waals surface area (Å²) in [5.41, 5.74) is 1.27. The van der Waals surface area contributed by atoms with E-state index in [1.807, 2.05) is 35.2 Å². The van der Waals surface area contributed by atoms with Gasteiger partial charge in [-0.15, -0.1) is 12.6 Å². The van der Waals surface area contributed by atoms with Gasteiger partial charge in [-0.2, -0.15) is 0 Å². The Morgan fingerprint density at radius 2 is 1.68 bits per heavy atom. The Morgan fingerprint density at radius 3 is 2.32 bits per heavy atom. The van der Waals surface area contributed by atoms with E-state index in [9.17, 15) is 9.59 Å². The summed E-state index contributed by atoms with van der Waals surface area (Å²) in [5.74, 6) is -0.0683. The van der Waals surface area contributed by atoms with Crippen LogP contribution in [-0.2, 0) is 0 Å². The molecule has 0 aromatic heterocycles. The monoisotopic (exact) mass is 418 g/mol. The topological polar surface area (TPSA) is 49.4 Å². The number of amides is 2. The molecule has 0 bridgehead atoms. The SMILES string of the molecule is O=C(NC1CCN(C(=O)c2ccccc2S)CC1)c1ccc(Br)cc1. The van der Waals surface area contributed by atoms with Gasteiger partial charge in [-0.25, -0.2) is 0 Å². The molecule has 0 spiro atoms. The smallest absolute Gasteiger partial charge is 0.254 e. The molecule has 3 rings (SSSR count). The van der Waals surface area contributed by atoms with Crippen LogP contribution in [-0.4, -0.2) is 35.8 Å². The van der Waals surface area contributed by atoms with Crippen LogP contribution in [0.5, 0.6) is 0 Å². The van der Waals surface area contributed by atoms with Gasteiger partial charge in [0.05, 0.1) is 5.56 Å². The van der Waals surface area contributed by atoms with E-state index in [-0.39, 0.29) is 17.9 Å². The van der Waals surface area contributed by atoms with Crippen LogP contribution in [0.15, 0.2) is 57.9 Å². The second-order valence-electron chi connectivity index (χ2n) is 6.06. The first kappa shape index (κ1) is 18.0. The highest BCUT2D eigenvalue weighted by Gasteiger charge is 2.25. The molecule has 1 heterocycles. The number of hydrogen-bond acceptors (Lipinski definition) is 3. The number of rotatable bonds is 3. The first-order valence-corrected chi connectivity index (χ1v) is 9.42. The third-order valence-corrected chi connectivity index (χ3v) is 5.28. The molecule has 0 radical (unpaired) electrons. The molecule has 2 aromatic rings. The molecule has 2 amide bonds. The molecule has 0 unspecified atom stereocenters. The normalized spacial score (nSPS) is 15.0. The third-order valence-electron chi connectivity index (χ3n) is 4.36.